The Balaban J connectivity index is 2.39. The van der Waals surface area contributed by atoms with Crippen molar-refractivity contribution < 1.29 is 14.6 Å². The Bertz CT molecular complexity index is 353. The normalized spacial score (nSPS) is 14.0. The van der Waals surface area contributed by atoms with E-state index in [1.54, 1.807) is 0 Å². The second-order valence-electron chi connectivity index (χ2n) is 4.64. The topological polar surface area (TPSA) is 64.7 Å². The van der Waals surface area contributed by atoms with Gasteiger partial charge in [-0.1, -0.05) is 12.1 Å². The van der Waals surface area contributed by atoms with Crippen molar-refractivity contribution in [2.24, 2.45) is 5.73 Å². The molecule has 0 saturated carbocycles. The van der Waals surface area contributed by atoms with Crippen molar-refractivity contribution >= 4 is 0 Å². The van der Waals surface area contributed by atoms with Gasteiger partial charge in [-0.05, 0) is 38.8 Å². The van der Waals surface area contributed by atoms with Gasteiger partial charge in [0.25, 0.3) is 0 Å². The first-order valence-electron chi connectivity index (χ1n) is 6.33. The number of hydrogen-bond acceptors (Lipinski definition) is 4. The number of ether oxygens (including phenoxy) is 2. The molecule has 1 aromatic carbocycles. The van der Waals surface area contributed by atoms with Gasteiger partial charge in [-0.25, -0.2) is 0 Å². The molecule has 0 heterocycles. The number of rotatable bonds is 8. The third kappa shape index (κ3) is 4.94. The zero-order chi connectivity index (χ0) is 13.4. The first-order valence-corrected chi connectivity index (χ1v) is 6.33. The van der Waals surface area contributed by atoms with E-state index in [-0.39, 0.29) is 6.61 Å². The third-order valence-corrected chi connectivity index (χ3v) is 2.66. The summed E-state index contributed by atoms with van der Waals surface area (Å²) >= 11 is 0. The van der Waals surface area contributed by atoms with E-state index in [9.17, 15) is 0 Å². The average molecular weight is 253 g/mol. The Kier molecular flexibility index (Phi) is 5.95. The van der Waals surface area contributed by atoms with Gasteiger partial charge in [-0.3, -0.25) is 0 Å². The van der Waals surface area contributed by atoms with Crippen LogP contribution in [0.3, 0.4) is 0 Å². The quantitative estimate of drug-likeness (QED) is 0.695. The molecule has 1 rings (SSSR count). The summed E-state index contributed by atoms with van der Waals surface area (Å²) in [6, 6.07) is 7.61. The maximum absolute atomic E-state index is 9.04. The monoisotopic (exact) mass is 253 g/mol. The summed E-state index contributed by atoms with van der Waals surface area (Å²) in [5.41, 5.74) is 5.32. The van der Waals surface area contributed by atoms with Crippen LogP contribution in [-0.2, 0) is 0 Å². The van der Waals surface area contributed by atoms with Crippen LogP contribution in [-0.4, -0.2) is 30.5 Å². The van der Waals surface area contributed by atoms with E-state index < -0.39 is 5.54 Å². The van der Waals surface area contributed by atoms with Crippen LogP contribution in [0.4, 0.5) is 0 Å². The molecule has 1 unspecified atom stereocenters. The summed E-state index contributed by atoms with van der Waals surface area (Å²) < 4.78 is 11.1. The van der Waals surface area contributed by atoms with Crippen molar-refractivity contribution in [3.8, 4) is 11.5 Å². The second-order valence-corrected chi connectivity index (χ2v) is 4.64. The van der Waals surface area contributed by atoms with E-state index in [1.165, 1.54) is 0 Å². The van der Waals surface area contributed by atoms with Crippen molar-refractivity contribution in [2.45, 2.75) is 32.2 Å². The third-order valence-electron chi connectivity index (χ3n) is 2.66. The van der Waals surface area contributed by atoms with Crippen LogP contribution in [0.5, 0.6) is 11.5 Å². The van der Waals surface area contributed by atoms with Crippen LogP contribution in [0.25, 0.3) is 0 Å². The molecule has 0 bridgehead atoms. The van der Waals surface area contributed by atoms with Crippen molar-refractivity contribution in [2.75, 3.05) is 19.8 Å². The fraction of sp³-hybridized carbons (Fsp3) is 0.571. The van der Waals surface area contributed by atoms with Crippen molar-refractivity contribution in [3.05, 3.63) is 24.3 Å². The van der Waals surface area contributed by atoms with Gasteiger partial charge in [0.15, 0.2) is 11.5 Å². The summed E-state index contributed by atoms with van der Waals surface area (Å²) in [6.07, 6.45) is 1.52. The van der Waals surface area contributed by atoms with Crippen molar-refractivity contribution in [1.29, 1.82) is 0 Å². The highest BCUT2D eigenvalue weighted by atomic mass is 16.5. The lowest BCUT2D eigenvalue weighted by Gasteiger charge is -2.21. The Morgan fingerprint density at radius 2 is 1.83 bits per heavy atom. The number of benzene rings is 1. The smallest absolute Gasteiger partial charge is 0.161 e. The number of para-hydroxylation sites is 2. The molecule has 0 aliphatic heterocycles. The first kappa shape index (κ1) is 14.8. The molecule has 0 aromatic heterocycles. The number of aliphatic hydroxyl groups excluding tert-OH is 1. The fourth-order valence-corrected chi connectivity index (χ4v) is 1.58. The Hall–Kier alpha value is -1.26. The minimum Gasteiger partial charge on any atom is -0.490 e. The summed E-state index contributed by atoms with van der Waals surface area (Å²) in [5, 5.41) is 9.04. The number of hydrogen-bond donors (Lipinski definition) is 2. The molecule has 0 amide bonds. The molecule has 0 aliphatic rings. The Morgan fingerprint density at radius 3 is 2.39 bits per heavy atom. The van der Waals surface area contributed by atoms with E-state index in [0.29, 0.717) is 13.2 Å². The van der Waals surface area contributed by atoms with E-state index in [0.717, 1.165) is 24.3 Å². The van der Waals surface area contributed by atoms with Crippen LogP contribution in [0.2, 0.25) is 0 Å². The molecule has 0 saturated heterocycles. The number of aliphatic hydroxyl groups is 1. The molecule has 3 N–H and O–H groups in total. The summed E-state index contributed by atoms with van der Waals surface area (Å²) in [4.78, 5) is 0. The van der Waals surface area contributed by atoms with Crippen molar-refractivity contribution in [3.63, 3.8) is 0 Å². The molecule has 1 atom stereocenters. The van der Waals surface area contributed by atoms with Gasteiger partial charge in [0, 0.05) is 5.54 Å². The highest BCUT2D eigenvalue weighted by Crippen LogP contribution is 2.26. The second kappa shape index (κ2) is 7.24. The SMILES string of the molecule is CCOc1ccccc1OCCCC(C)(N)CO. The lowest BCUT2D eigenvalue weighted by Crippen LogP contribution is -2.40. The van der Waals surface area contributed by atoms with Crippen molar-refractivity contribution in [1.82, 2.24) is 0 Å². The number of nitrogens with two attached hydrogens (primary N) is 1. The van der Waals surface area contributed by atoms with Gasteiger partial charge in [-0.15, -0.1) is 0 Å². The highest BCUT2D eigenvalue weighted by Gasteiger charge is 2.16. The molecule has 0 spiro atoms. The highest BCUT2D eigenvalue weighted by molar-refractivity contribution is 5.39. The molecule has 4 nitrogen and oxygen atoms in total. The van der Waals surface area contributed by atoms with E-state index in [4.69, 9.17) is 20.3 Å². The molecular formula is C14H23NO3. The maximum atomic E-state index is 9.04. The zero-order valence-electron chi connectivity index (χ0n) is 11.2. The summed E-state index contributed by atoms with van der Waals surface area (Å²) in [6.45, 7) is 4.95. The summed E-state index contributed by atoms with van der Waals surface area (Å²) in [7, 11) is 0. The zero-order valence-corrected chi connectivity index (χ0v) is 11.2. The van der Waals surface area contributed by atoms with E-state index >= 15 is 0 Å². The van der Waals surface area contributed by atoms with Crippen LogP contribution in [0.1, 0.15) is 26.7 Å². The van der Waals surface area contributed by atoms with Crippen LogP contribution in [0.15, 0.2) is 24.3 Å². The average Bonchev–Trinajstić information content (AvgIpc) is 2.37. The minimum atomic E-state index is -0.525. The van der Waals surface area contributed by atoms with Gasteiger partial charge >= 0.3 is 0 Å². The van der Waals surface area contributed by atoms with Gasteiger partial charge in [-0.2, -0.15) is 0 Å². The van der Waals surface area contributed by atoms with Gasteiger partial charge < -0.3 is 20.3 Å². The molecule has 18 heavy (non-hydrogen) atoms. The van der Waals surface area contributed by atoms with Crippen LogP contribution < -0.4 is 15.2 Å². The standard InChI is InChI=1S/C14H23NO3/c1-3-17-12-7-4-5-8-13(12)18-10-6-9-14(2,15)11-16/h4-5,7-8,16H,3,6,9-11,15H2,1-2H3. The van der Waals surface area contributed by atoms with Crippen LogP contribution >= 0.6 is 0 Å². The lowest BCUT2D eigenvalue weighted by atomic mass is 9.99. The molecule has 0 fully saturated rings. The molecular weight excluding hydrogens is 230 g/mol. The maximum Gasteiger partial charge on any atom is 0.161 e. The van der Waals surface area contributed by atoms with Gasteiger partial charge in [0.2, 0.25) is 0 Å². The minimum absolute atomic E-state index is 0.0114. The molecule has 0 aliphatic carbocycles. The van der Waals surface area contributed by atoms with E-state index in [2.05, 4.69) is 0 Å². The first-order chi connectivity index (χ1) is 8.59. The van der Waals surface area contributed by atoms with Crippen LogP contribution in [0, 0.1) is 0 Å². The Labute approximate surface area is 109 Å². The lowest BCUT2D eigenvalue weighted by molar-refractivity contribution is 0.187. The Morgan fingerprint density at radius 1 is 1.22 bits per heavy atom. The fourth-order valence-electron chi connectivity index (χ4n) is 1.58. The molecule has 0 radical (unpaired) electrons. The van der Waals surface area contributed by atoms with Gasteiger partial charge in [0.1, 0.15) is 0 Å². The predicted molar refractivity (Wildman–Crippen MR) is 72.0 cm³/mol. The molecule has 4 heteroatoms. The van der Waals surface area contributed by atoms with Gasteiger partial charge in [0.05, 0.1) is 19.8 Å². The predicted octanol–water partition coefficient (Wildman–Crippen LogP) is 1.95. The summed E-state index contributed by atoms with van der Waals surface area (Å²) in [5.74, 6) is 1.51. The molecule has 102 valence electrons. The largest absolute Gasteiger partial charge is 0.490 e. The molecule has 1 aromatic rings. The van der Waals surface area contributed by atoms with E-state index in [1.807, 2.05) is 38.1 Å².